The van der Waals surface area contributed by atoms with Crippen molar-refractivity contribution in [3.8, 4) is 11.8 Å². The predicted octanol–water partition coefficient (Wildman–Crippen LogP) is 1.07. The lowest BCUT2D eigenvalue weighted by Gasteiger charge is -1.95. The van der Waals surface area contributed by atoms with Crippen LogP contribution in [0.2, 0.25) is 0 Å². The smallest absolute Gasteiger partial charge is 0.382 e. The minimum Gasteiger partial charge on any atom is -0.472 e. The number of carbonyl (C=O) groups excluding carboxylic acids is 1. The zero-order valence-corrected chi connectivity index (χ0v) is 6.95. The van der Waals surface area contributed by atoms with Crippen molar-refractivity contribution >= 4 is 12.3 Å². The molecule has 0 bridgehead atoms. The Morgan fingerprint density at radius 2 is 2.21 bits per heavy atom. The van der Waals surface area contributed by atoms with E-state index in [0.717, 1.165) is 12.1 Å². The number of carboxylic acid groups (broad SMARTS) is 1. The van der Waals surface area contributed by atoms with Crippen LogP contribution in [0.1, 0.15) is 15.9 Å². The van der Waals surface area contributed by atoms with Gasteiger partial charge in [-0.05, 0) is 18.2 Å². The summed E-state index contributed by atoms with van der Waals surface area (Å²) in [6.07, 6.45) is 0.426. The maximum absolute atomic E-state index is 12.6. The molecule has 0 unspecified atom stereocenters. The molecule has 1 aromatic rings. The van der Waals surface area contributed by atoms with E-state index in [1.165, 1.54) is 6.07 Å². The van der Waals surface area contributed by atoms with Gasteiger partial charge in [0.15, 0.2) is 6.29 Å². The second-order valence-electron chi connectivity index (χ2n) is 2.40. The quantitative estimate of drug-likeness (QED) is 0.535. The lowest BCUT2D eigenvalue weighted by molar-refractivity contribution is -0.130. The van der Waals surface area contributed by atoms with Crippen LogP contribution in [0.5, 0.6) is 0 Å². The van der Waals surface area contributed by atoms with Gasteiger partial charge in [-0.25, -0.2) is 9.18 Å². The fraction of sp³-hybridized carbons (Fsp3) is 0. The molecule has 1 aromatic carbocycles. The molecule has 0 spiro atoms. The highest BCUT2D eigenvalue weighted by atomic mass is 19.1. The largest absolute Gasteiger partial charge is 0.472 e. The molecule has 0 aliphatic rings. The zero-order chi connectivity index (χ0) is 10.6. The van der Waals surface area contributed by atoms with Gasteiger partial charge in [0.1, 0.15) is 5.82 Å². The Morgan fingerprint density at radius 1 is 1.50 bits per heavy atom. The number of halogens is 1. The Morgan fingerprint density at radius 3 is 2.79 bits per heavy atom. The van der Waals surface area contributed by atoms with Crippen molar-refractivity contribution in [1.29, 1.82) is 0 Å². The SMILES string of the molecule is O=Cc1cc(F)ccc1C#CC(=O)O. The first-order valence-electron chi connectivity index (χ1n) is 3.63. The van der Waals surface area contributed by atoms with Crippen LogP contribution in [0.15, 0.2) is 18.2 Å². The molecule has 0 heterocycles. The predicted molar refractivity (Wildman–Crippen MR) is 46.3 cm³/mol. The Kier molecular flexibility index (Phi) is 2.97. The maximum atomic E-state index is 12.6. The molecule has 0 amide bonds. The van der Waals surface area contributed by atoms with Crippen molar-refractivity contribution in [2.75, 3.05) is 0 Å². The van der Waals surface area contributed by atoms with Crippen LogP contribution in [-0.4, -0.2) is 17.4 Å². The summed E-state index contributed by atoms with van der Waals surface area (Å²) >= 11 is 0. The van der Waals surface area contributed by atoms with E-state index < -0.39 is 11.8 Å². The van der Waals surface area contributed by atoms with Crippen LogP contribution in [0, 0.1) is 17.7 Å². The lowest BCUT2D eigenvalue weighted by atomic mass is 10.1. The topological polar surface area (TPSA) is 54.4 Å². The minimum absolute atomic E-state index is 0.0405. The number of aliphatic carboxylic acids is 1. The number of hydrogen-bond acceptors (Lipinski definition) is 2. The van der Waals surface area contributed by atoms with Gasteiger partial charge in [0.2, 0.25) is 0 Å². The summed E-state index contributed by atoms with van der Waals surface area (Å²) in [5.41, 5.74) is 0.238. The molecule has 70 valence electrons. The number of carbonyl (C=O) groups is 2. The number of rotatable bonds is 1. The molecule has 3 nitrogen and oxygen atoms in total. The van der Waals surface area contributed by atoms with Gasteiger partial charge in [0.25, 0.3) is 0 Å². The third-order valence-electron chi connectivity index (χ3n) is 1.44. The average Bonchev–Trinajstić information content (AvgIpc) is 2.15. The summed E-state index contributed by atoms with van der Waals surface area (Å²) in [6.45, 7) is 0. The van der Waals surface area contributed by atoms with Crippen LogP contribution >= 0.6 is 0 Å². The number of benzene rings is 1. The standard InChI is InChI=1S/C10H5FO3/c11-9-3-1-7(2-4-10(13)14)8(5-9)6-12/h1,3,5-6H,(H,13,14). The van der Waals surface area contributed by atoms with Crippen molar-refractivity contribution in [3.05, 3.63) is 35.1 Å². The molecule has 0 aliphatic carbocycles. The first-order valence-corrected chi connectivity index (χ1v) is 3.63. The Hall–Kier alpha value is -2.15. The molecular weight excluding hydrogens is 187 g/mol. The van der Waals surface area contributed by atoms with E-state index in [0.29, 0.717) is 6.29 Å². The van der Waals surface area contributed by atoms with E-state index in [4.69, 9.17) is 5.11 Å². The number of aldehydes is 1. The number of carboxylic acids is 1. The molecule has 0 saturated heterocycles. The van der Waals surface area contributed by atoms with Crippen LogP contribution < -0.4 is 0 Å². The van der Waals surface area contributed by atoms with Gasteiger partial charge in [-0.2, -0.15) is 0 Å². The number of hydrogen-bond donors (Lipinski definition) is 1. The van der Waals surface area contributed by atoms with Crippen LogP contribution in [-0.2, 0) is 4.79 Å². The maximum Gasteiger partial charge on any atom is 0.382 e. The lowest BCUT2D eigenvalue weighted by Crippen LogP contribution is -1.91. The third-order valence-corrected chi connectivity index (χ3v) is 1.44. The molecular formula is C10H5FO3. The van der Waals surface area contributed by atoms with Gasteiger partial charge in [-0.15, -0.1) is 0 Å². The van der Waals surface area contributed by atoms with Crippen molar-refractivity contribution in [2.45, 2.75) is 0 Å². The van der Waals surface area contributed by atoms with Crippen LogP contribution in [0.3, 0.4) is 0 Å². The molecule has 1 N–H and O–H groups in total. The first kappa shape index (κ1) is 9.93. The molecule has 0 aromatic heterocycles. The second kappa shape index (κ2) is 4.19. The molecule has 0 fully saturated rings. The Bertz CT molecular complexity index is 440. The molecule has 0 radical (unpaired) electrons. The summed E-state index contributed by atoms with van der Waals surface area (Å²) in [7, 11) is 0. The Balaban J connectivity index is 3.17. The molecule has 4 heteroatoms. The highest BCUT2D eigenvalue weighted by Gasteiger charge is 2.00. The fourth-order valence-electron chi connectivity index (χ4n) is 0.866. The van der Waals surface area contributed by atoms with E-state index in [1.807, 2.05) is 5.92 Å². The van der Waals surface area contributed by atoms with Gasteiger partial charge in [-0.3, -0.25) is 4.79 Å². The molecule has 0 atom stereocenters. The third kappa shape index (κ3) is 2.42. The summed E-state index contributed by atoms with van der Waals surface area (Å²) in [4.78, 5) is 20.5. The van der Waals surface area contributed by atoms with Crippen molar-refractivity contribution in [2.24, 2.45) is 0 Å². The molecule has 0 saturated carbocycles. The summed E-state index contributed by atoms with van der Waals surface area (Å²) in [5.74, 6) is 2.22. The fourth-order valence-corrected chi connectivity index (χ4v) is 0.866. The monoisotopic (exact) mass is 192 g/mol. The highest BCUT2D eigenvalue weighted by molar-refractivity contribution is 5.88. The molecule has 1 rings (SSSR count). The average molecular weight is 192 g/mol. The molecule has 14 heavy (non-hydrogen) atoms. The van der Waals surface area contributed by atoms with Gasteiger partial charge >= 0.3 is 5.97 Å². The Labute approximate surface area is 79.2 Å². The molecule has 0 aliphatic heterocycles. The summed E-state index contributed by atoms with van der Waals surface area (Å²) in [6, 6.07) is 3.37. The van der Waals surface area contributed by atoms with Gasteiger partial charge in [0, 0.05) is 17.0 Å². The van der Waals surface area contributed by atoms with Gasteiger partial charge in [0.05, 0.1) is 0 Å². The van der Waals surface area contributed by atoms with E-state index in [9.17, 15) is 14.0 Å². The van der Waals surface area contributed by atoms with Gasteiger partial charge < -0.3 is 5.11 Å². The first-order chi connectivity index (χ1) is 6.63. The van der Waals surface area contributed by atoms with Crippen molar-refractivity contribution in [3.63, 3.8) is 0 Å². The van der Waals surface area contributed by atoms with E-state index in [2.05, 4.69) is 5.92 Å². The zero-order valence-electron chi connectivity index (χ0n) is 6.95. The van der Waals surface area contributed by atoms with Crippen LogP contribution in [0.4, 0.5) is 4.39 Å². The van der Waals surface area contributed by atoms with E-state index in [-0.39, 0.29) is 11.1 Å². The van der Waals surface area contributed by atoms with E-state index >= 15 is 0 Å². The van der Waals surface area contributed by atoms with Crippen molar-refractivity contribution in [1.82, 2.24) is 0 Å². The van der Waals surface area contributed by atoms with E-state index in [1.54, 1.807) is 0 Å². The highest BCUT2D eigenvalue weighted by Crippen LogP contribution is 2.07. The minimum atomic E-state index is -1.30. The van der Waals surface area contributed by atoms with Crippen LogP contribution in [0.25, 0.3) is 0 Å². The summed E-state index contributed by atoms with van der Waals surface area (Å²) < 4.78 is 12.6. The van der Waals surface area contributed by atoms with Gasteiger partial charge in [-0.1, -0.05) is 5.92 Å². The second-order valence-corrected chi connectivity index (χ2v) is 2.40. The summed E-state index contributed by atoms with van der Waals surface area (Å²) in [5, 5.41) is 8.26. The van der Waals surface area contributed by atoms with Crippen molar-refractivity contribution < 1.29 is 19.1 Å². The normalized spacial score (nSPS) is 8.64.